The fraction of sp³-hybridized carbons (Fsp3) is 0.800. The second-order valence-electron chi connectivity index (χ2n) is 18.6. The van der Waals surface area contributed by atoms with Crippen LogP contribution in [-0.4, -0.2) is 125 Å². The van der Waals surface area contributed by atoms with Gasteiger partial charge in [0.15, 0.2) is 16.8 Å². The molecule has 4 saturated carbocycles. The Balaban J connectivity index is 1.41. The van der Waals surface area contributed by atoms with Crippen LogP contribution in [0.2, 0.25) is 0 Å². The summed E-state index contributed by atoms with van der Waals surface area (Å²) in [6.45, 7) is 12.6. The molecule has 8 aliphatic rings. The third kappa shape index (κ3) is 3.97. The molecular weight excluding hydrogens is 768 g/mol. The van der Waals surface area contributed by atoms with Crippen LogP contribution < -0.4 is 0 Å². The van der Waals surface area contributed by atoms with Crippen molar-refractivity contribution in [2.75, 3.05) is 21.3 Å². The van der Waals surface area contributed by atoms with E-state index in [1.807, 2.05) is 0 Å². The Morgan fingerprint density at radius 2 is 1.59 bits per heavy atom. The number of rotatable bonds is 10. The van der Waals surface area contributed by atoms with Crippen molar-refractivity contribution in [3.05, 3.63) is 24.2 Å². The molecule has 4 aliphatic heterocycles. The molecule has 0 amide bonds. The van der Waals surface area contributed by atoms with Gasteiger partial charge < -0.3 is 66.7 Å². The summed E-state index contributed by atoms with van der Waals surface area (Å²) in [4.78, 5) is 55.2. The second kappa shape index (κ2) is 11.4. The number of aliphatic hydroxyl groups is 2. The van der Waals surface area contributed by atoms with Gasteiger partial charge in [0.1, 0.15) is 35.1 Å². The van der Waals surface area contributed by atoms with E-state index in [4.69, 9.17) is 56.5 Å². The molecule has 4 aliphatic carbocycles. The summed E-state index contributed by atoms with van der Waals surface area (Å²) in [6, 6.07) is 1.58. The summed E-state index contributed by atoms with van der Waals surface area (Å²) in [7, 11) is 3.75. The lowest BCUT2D eigenvalue weighted by molar-refractivity contribution is -0.468. The summed E-state index contributed by atoms with van der Waals surface area (Å²) >= 11 is 0. The van der Waals surface area contributed by atoms with Gasteiger partial charge in [0.05, 0.1) is 45.4 Å². The highest BCUT2D eigenvalue weighted by atomic mass is 17.0. The van der Waals surface area contributed by atoms with Crippen LogP contribution >= 0.6 is 0 Å². The molecule has 0 radical (unpaired) electrons. The molecule has 1 aromatic rings. The maximum Gasteiger partial charge on any atom is 0.341 e. The lowest BCUT2D eigenvalue weighted by Gasteiger charge is -2.78. The third-order valence-corrected chi connectivity index (χ3v) is 16.1. The van der Waals surface area contributed by atoms with Crippen molar-refractivity contribution >= 4 is 23.9 Å². The van der Waals surface area contributed by atoms with Crippen LogP contribution in [-0.2, 0) is 71.3 Å². The highest BCUT2D eigenvalue weighted by Crippen LogP contribution is 2.90. The van der Waals surface area contributed by atoms with E-state index in [-0.39, 0.29) is 19.3 Å². The smallest absolute Gasteiger partial charge is 0.341 e. The summed E-state index contributed by atoms with van der Waals surface area (Å²) in [5.41, 5.74) is -16.7. The molecule has 3 unspecified atom stereocenters. The first-order chi connectivity index (χ1) is 26.9. The average molecular weight is 821 g/mol. The monoisotopic (exact) mass is 820 g/mol. The number of ether oxygens (including phenoxy) is 11. The molecule has 0 aromatic carbocycles. The molecule has 4 saturated heterocycles. The van der Waals surface area contributed by atoms with Crippen molar-refractivity contribution in [2.24, 2.45) is 22.2 Å². The number of aliphatic hydroxyl groups excluding tert-OH is 1. The fourth-order valence-corrected chi connectivity index (χ4v) is 13.8. The van der Waals surface area contributed by atoms with Gasteiger partial charge in [-0.1, -0.05) is 20.8 Å². The Bertz CT molecular complexity index is 1990. The highest BCUT2D eigenvalue weighted by Gasteiger charge is 3.07. The third-order valence-electron chi connectivity index (χ3n) is 16.1. The zero-order valence-corrected chi connectivity index (χ0v) is 34.5. The number of methoxy groups -OCH3 is 3. The SMILES string of the molecule is COC(=O)C[C@H]1[C@@]2(C)C[C@]3(O)[C@]4(O[C@](C)(OC)O[C@H]4[C@]45OC6(C)O[C@@]4(CC(=O)OC)[C@](C)([C@@H](OC(C)=O)c4ccoc4)C[C@@H](O)[C@]5(O6)[C@]13C)[C@H]2OC(=O)C1(C)OC1C. The Hall–Kier alpha value is -3.20. The van der Waals surface area contributed by atoms with Gasteiger partial charge in [0.25, 0.3) is 11.9 Å². The predicted octanol–water partition coefficient (Wildman–Crippen LogP) is 2.10. The topological polar surface area (TPSA) is 227 Å². The quantitative estimate of drug-likeness (QED) is 0.196. The number of hydrogen-bond acceptors (Lipinski definition) is 18. The van der Waals surface area contributed by atoms with Gasteiger partial charge in [0.2, 0.25) is 0 Å². The molecule has 18 heteroatoms. The molecule has 1 aromatic heterocycles. The van der Waals surface area contributed by atoms with E-state index in [1.165, 1.54) is 54.6 Å². The molecule has 4 bridgehead atoms. The lowest BCUT2D eigenvalue weighted by Crippen LogP contribution is -2.97. The number of esters is 4. The van der Waals surface area contributed by atoms with Gasteiger partial charge >= 0.3 is 23.9 Å². The molecular formula is C40H52O18. The van der Waals surface area contributed by atoms with Crippen LogP contribution in [0.25, 0.3) is 0 Å². The van der Waals surface area contributed by atoms with E-state index < -0.39 is 129 Å². The van der Waals surface area contributed by atoms with Gasteiger partial charge in [-0.25, -0.2) is 4.79 Å². The van der Waals surface area contributed by atoms with Gasteiger partial charge in [-0.2, -0.15) is 0 Å². The van der Waals surface area contributed by atoms with E-state index in [9.17, 15) is 29.4 Å². The Kier molecular flexibility index (Phi) is 7.89. The molecule has 2 N–H and O–H groups in total. The van der Waals surface area contributed by atoms with Crippen LogP contribution in [0.1, 0.15) is 92.7 Å². The zero-order valence-electron chi connectivity index (χ0n) is 34.5. The fourth-order valence-electron chi connectivity index (χ4n) is 13.8. The van der Waals surface area contributed by atoms with E-state index >= 15 is 0 Å². The number of carbonyl (C=O) groups is 4. The Morgan fingerprint density at radius 1 is 0.931 bits per heavy atom. The largest absolute Gasteiger partial charge is 0.472 e. The summed E-state index contributed by atoms with van der Waals surface area (Å²) in [5.74, 6) is -8.10. The molecule has 5 heterocycles. The van der Waals surface area contributed by atoms with E-state index in [0.717, 1.165) is 0 Å². The second-order valence-corrected chi connectivity index (χ2v) is 18.6. The van der Waals surface area contributed by atoms with Crippen molar-refractivity contribution in [2.45, 2.75) is 157 Å². The maximum atomic E-state index is 14.3. The predicted molar refractivity (Wildman–Crippen MR) is 187 cm³/mol. The van der Waals surface area contributed by atoms with Crippen LogP contribution in [0.4, 0.5) is 0 Å². The highest BCUT2D eigenvalue weighted by molar-refractivity contribution is 5.83. The minimum absolute atomic E-state index is 0.166. The first-order valence-electron chi connectivity index (χ1n) is 19.6. The first kappa shape index (κ1) is 40.2. The van der Waals surface area contributed by atoms with Crippen molar-refractivity contribution in [3.8, 4) is 0 Å². The number of epoxide rings is 1. The first-order valence-corrected chi connectivity index (χ1v) is 19.6. The van der Waals surface area contributed by atoms with Gasteiger partial charge in [-0.05, 0) is 38.7 Å². The number of carbonyl (C=O) groups excluding carboxylic acids is 4. The Labute approximate surface area is 334 Å². The summed E-state index contributed by atoms with van der Waals surface area (Å²) in [5, 5.41) is 27.4. The van der Waals surface area contributed by atoms with Crippen LogP contribution in [0.15, 0.2) is 23.0 Å². The minimum atomic E-state index is -2.28. The van der Waals surface area contributed by atoms with Crippen LogP contribution in [0.3, 0.4) is 0 Å². The molecule has 320 valence electrons. The Morgan fingerprint density at radius 3 is 2.16 bits per heavy atom. The molecule has 18 nitrogen and oxygen atoms in total. The van der Waals surface area contributed by atoms with E-state index in [1.54, 1.807) is 40.7 Å². The van der Waals surface area contributed by atoms with Crippen molar-refractivity contribution in [1.82, 2.24) is 0 Å². The number of furan rings is 1. The molecule has 58 heavy (non-hydrogen) atoms. The van der Waals surface area contributed by atoms with Crippen molar-refractivity contribution < 1.29 is 85.9 Å². The van der Waals surface area contributed by atoms with E-state index in [2.05, 4.69) is 0 Å². The maximum absolute atomic E-state index is 14.3. The zero-order chi connectivity index (χ0) is 42.3. The van der Waals surface area contributed by atoms with Crippen molar-refractivity contribution in [1.29, 1.82) is 0 Å². The standard InChI is InChI=1S/C40H52O18/c1-19-32(5,53-19)29(45)52-27-30(3)18-36(46)33(6,22(30)14-24(43)47-9)39-23(42)15-31(4,26(51-20(2)41)21-12-13-50-17-21)37(16-25(44)48-10)40(39,58-35(8,55-37)57-39)28-38(27,36)56-34(7,49-11)54-28/h12-13,17,19,22-23,26-28,42,46H,14-16,18H2,1-11H3/t19?,22-,23+,26-,27-,28+,30+,31-,32?,33+,34+,35?,36+,37-,38-,39-,40-/m0/s1. The van der Waals surface area contributed by atoms with Gasteiger partial charge in [0, 0.05) is 56.1 Å². The molecule has 2 spiro atoms. The lowest BCUT2D eigenvalue weighted by atomic mass is 9.32. The van der Waals surface area contributed by atoms with Gasteiger partial charge in [-0.3, -0.25) is 14.4 Å². The van der Waals surface area contributed by atoms with Crippen LogP contribution in [0.5, 0.6) is 0 Å². The number of fused-ring (bicyclic) bond motifs is 2. The minimum Gasteiger partial charge on any atom is -0.472 e. The molecule has 8 fully saturated rings. The average Bonchev–Trinajstić information content (AvgIpc) is 3.74. The summed E-state index contributed by atoms with van der Waals surface area (Å²) in [6.07, 6.45) is -5.29. The number of hydrogen-bond donors (Lipinski definition) is 2. The van der Waals surface area contributed by atoms with Crippen LogP contribution in [0, 0.1) is 22.2 Å². The van der Waals surface area contributed by atoms with E-state index in [0.29, 0.717) is 5.56 Å². The van der Waals surface area contributed by atoms with Gasteiger partial charge in [-0.15, -0.1) is 0 Å². The molecule has 17 atom stereocenters. The normalized spacial score (nSPS) is 54.1. The molecule has 9 rings (SSSR count). The summed E-state index contributed by atoms with van der Waals surface area (Å²) < 4.78 is 75.7. The van der Waals surface area contributed by atoms with Crippen molar-refractivity contribution in [3.63, 3.8) is 0 Å².